The van der Waals surface area contributed by atoms with Crippen molar-refractivity contribution in [2.75, 3.05) is 12.4 Å². The number of nitrogens with zero attached hydrogens (tertiary/aromatic N) is 1. The van der Waals surface area contributed by atoms with Gasteiger partial charge in [0, 0.05) is 25.2 Å². The fraction of sp³-hybridized carbons (Fsp3) is 0.375. The SMILES string of the molecule is ClCCNCc1ccc(Cl)nc1. The van der Waals surface area contributed by atoms with Crippen LogP contribution in [0.1, 0.15) is 5.56 Å². The maximum Gasteiger partial charge on any atom is 0.129 e. The molecule has 0 aromatic carbocycles. The van der Waals surface area contributed by atoms with E-state index in [9.17, 15) is 0 Å². The third-order valence-corrected chi connectivity index (χ3v) is 1.80. The molecule has 0 fully saturated rings. The fourth-order valence-corrected chi connectivity index (χ4v) is 1.06. The highest BCUT2D eigenvalue weighted by molar-refractivity contribution is 6.29. The lowest BCUT2D eigenvalue weighted by molar-refractivity contribution is 0.728. The van der Waals surface area contributed by atoms with Crippen LogP contribution in [0.25, 0.3) is 0 Å². The topological polar surface area (TPSA) is 24.9 Å². The van der Waals surface area contributed by atoms with Crippen molar-refractivity contribution in [3.63, 3.8) is 0 Å². The molecule has 0 atom stereocenters. The molecule has 0 spiro atoms. The zero-order valence-corrected chi connectivity index (χ0v) is 8.07. The molecule has 66 valence electrons. The maximum atomic E-state index is 5.62. The predicted molar refractivity (Wildman–Crippen MR) is 51.7 cm³/mol. The van der Waals surface area contributed by atoms with Gasteiger partial charge in [-0.3, -0.25) is 0 Å². The standard InChI is InChI=1S/C8H10Cl2N2/c9-3-4-11-5-7-1-2-8(10)12-6-7/h1-2,6,11H,3-5H2. The molecular weight excluding hydrogens is 195 g/mol. The minimum absolute atomic E-state index is 0.524. The van der Waals surface area contributed by atoms with Crippen LogP contribution in [0.2, 0.25) is 5.15 Å². The summed E-state index contributed by atoms with van der Waals surface area (Å²) in [4.78, 5) is 3.95. The second-order valence-electron chi connectivity index (χ2n) is 2.35. The summed E-state index contributed by atoms with van der Waals surface area (Å²) in [7, 11) is 0. The molecule has 0 aliphatic heterocycles. The van der Waals surface area contributed by atoms with Gasteiger partial charge in [-0.25, -0.2) is 4.98 Å². The zero-order valence-electron chi connectivity index (χ0n) is 6.56. The molecule has 1 N–H and O–H groups in total. The Bertz CT molecular complexity index is 223. The van der Waals surface area contributed by atoms with Crippen molar-refractivity contribution in [1.29, 1.82) is 0 Å². The Kier molecular flexibility index (Phi) is 4.36. The minimum atomic E-state index is 0.524. The molecule has 1 rings (SSSR count). The third-order valence-electron chi connectivity index (χ3n) is 1.39. The predicted octanol–water partition coefficient (Wildman–Crippen LogP) is 2.06. The van der Waals surface area contributed by atoms with Crippen molar-refractivity contribution in [1.82, 2.24) is 10.3 Å². The van der Waals surface area contributed by atoms with Crippen molar-refractivity contribution in [2.24, 2.45) is 0 Å². The van der Waals surface area contributed by atoms with Gasteiger partial charge in [0.15, 0.2) is 0 Å². The number of hydrogen-bond acceptors (Lipinski definition) is 2. The summed E-state index contributed by atoms with van der Waals surface area (Å²) in [6.45, 7) is 1.60. The molecule has 1 heterocycles. The molecule has 0 aliphatic rings. The molecule has 0 bridgehead atoms. The average Bonchev–Trinajstić information content (AvgIpc) is 2.09. The first-order chi connectivity index (χ1) is 5.83. The van der Waals surface area contributed by atoms with Crippen LogP contribution in [0.15, 0.2) is 18.3 Å². The van der Waals surface area contributed by atoms with Crippen molar-refractivity contribution in [2.45, 2.75) is 6.54 Å². The lowest BCUT2D eigenvalue weighted by Gasteiger charge is -2.01. The van der Waals surface area contributed by atoms with Crippen LogP contribution in [-0.2, 0) is 6.54 Å². The summed E-state index contributed by atoms with van der Waals surface area (Å²) in [6, 6.07) is 3.72. The van der Waals surface area contributed by atoms with Gasteiger partial charge in [-0.15, -0.1) is 11.6 Å². The van der Waals surface area contributed by atoms with Crippen LogP contribution in [0.4, 0.5) is 0 Å². The average molecular weight is 205 g/mol. The van der Waals surface area contributed by atoms with Gasteiger partial charge < -0.3 is 5.32 Å². The number of alkyl halides is 1. The van der Waals surface area contributed by atoms with Crippen molar-refractivity contribution in [3.05, 3.63) is 29.0 Å². The summed E-state index contributed by atoms with van der Waals surface area (Å²) in [5.41, 5.74) is 1.12. The van der Waals surface area contributed by atoms with Crippen LogP contribution in [0, 0.1) is 0 Å². The number of rotatable bonds is 4. The minimum Gasteiger partial charge on any atom is -0.311 e. The summed E-state index contributed by atoms with van der Waals surface area (Å²) in [6.07, 6.45) is 1.75. The molecule has 0 amide bonds. The molecule has 4 heteroatoms. The van der Waals surface area contributed by atoms with E-state index in [0.29, 0.717) is 11.0 Å². The van der Waals surface area contributed by atoms with E-state index in [1.807, 2.05) is 6.07 Å². The van der Waals surface area contributed by atoms with Gasteiger partial charge in [0.05, 0.1) is 0 Å². The lowest BCUT2D eigenvalue weighted by Crippen LogP contribution is -2.15. The molecule has 0 saturated carbocycles. The van der Waals surface area contributed by atoms with E-state index in [-0.39, 0.29) is 0 Å². The zero-order chi connectivity index (χ0) is 8.81. The smallest absolute Gasteiger partial charge is 0.129 e. The Morgan fingerprint density at radius 1 is 1.42 bits per heavy atom. The monoisotopic (exact) mass is 204 g/mol. The molecule has 0 unspecified atom stereocenters. The molecule has 2 nitrogen and oxygen atoms in total. The van der Waals surface area contributed by atoms with E-state index < -0.39 is 0 Å². The van der Waals surface area contributed by atoms with Crippen molar-refractivity contribution in [3.8, 4) is 0 Å². The molecule has 0 saturated heterocycles. The second kappa shape index (κ2) is 5.36. The van der Waals surface area contributed by atoms with E-state index in [4.69, 9.17) is 23.2 Å². The van der Waals surface area contributed by atoms with Crippen molar-refractivity contribution < 1.29 is 0 Å². The lowest BCUT2D eigenvalue weighted by atomic mass is 10.3. The summed E-state index contributed by atoms with van der Waals surface area (Å²) < 4.78 is 0. The van der Waals surface area contributed by atoms with Crippen molar-refractivity contribution >= 4 is 23.2 Å². The van der Waals surface area contributed by atoms with Gasteiger partial charge in [-0.1, -0.05) is 17.7 Å². The Hall–Kier alpha value is -0.310. The quantitative estimate of drug-likeness (QED) is 0.462. The number of hydrogen-bond donors (Lipinski definition) is 1. The summed E-state index contributed by atoms with van der Waals surface area (Å²) in [5, 5.41) is 3.68. The van der Waals surface area contributed by atoms with Crippen LogP contribution in [-0.4, -0.2) is 17.4 Å². The normalized spacial score (nSPS) is 10.2. The van der Waals surface area contributed by atoms with E-state index in [1.165, 1.54) is 0 Å². The van der Waals surface area contributed by atoms with E-state index in [1.54, 1.807) is 12.3 Å². The van der Waals surface area contributed by atoms with Gasteiger partial charge in [0.25, 0.3) is 0 Å². The van der Waals surface area contributed by atoms with Crippen LogP contribution in [0.3, 0.4) is 0 Å². The number of aromatic nitrogens is 1. The van der Waals surface area contributed by atoms with Gasteiger partial charge in [-0.05, 0) is 11.6 Å². The first-order valence-corrected chi connectivity index (χ1v) is 4.61. The maximum absolute atomic E-state index is 5.62. The molecule has 1 aromatic rings. The molecule has 0 aliphatic carbocycles. The van der Waals surface area contributed by atoms with E-state index >= 15 is 0 Å². The Balaban J connectivity index is 2.37. The second-order valence-corrected chi connectivity index (χ2v) is 3.12. The number of halogens is 2. The van der Waals surface area contributed by atoms with Gasteiger partial charge in [0.2, 0.25) is 0 Å². The number of pyridine rings is 1. The third kappa shape index (κ3) is 3.39. The molecule has 0 radical (unpaired) electrons. The van der Waals surface area contributed by atoms with Gasteiger partial charge >= 0.3 is 0 Å². The highest BCUT2D eigenvalue weighted by atomic mass is 35.5. The molecular formula is C8H10Cl2N2. The van der Waals surface area contributed by atoms with Crippen LogP contribution >= 0.6 is 23.2 Å². The van der Waals surface area contributed by atoms with E-state index in [2.05, 4.69) is 10.3 Å². The van der Waals surface area contributed by atoms with Gasteiger partial charge in [0.1, 0.15) is 5.15 Å². The van der Waals surface area contributed by atoms with Crippen LogP contribution < -0.4 is 5.32 Å². The first-order valence-electron chi connectivity index (χ1n) is 3.70. The highest BCUT2D eigenvalue weighted by Crippen LogP contribution is 2.04. The number of nitrogens with one attached hydrogen (secondary N) is 1. The van der Waals surface area contributed by atoms with Gasteiger partial charge in [-0.2, -0.15) is 0 Å². The largest absolute Gasteiger partial charge is 0.311 e. The highest BCUT2D eigenvalue weighted by Gasteiger charge is 1.92. The first kappa shape index (κ1) is 9.78. The fourth-order valence-electron chi connectivity index (χ4n) is 0.811. The van der Waals surface area contributed by atoms with E-state index in [0.717, 1.165) is 18.7 Å². The molecule has 1 aromatic heterocycles. The Morgan fingerprint density at radius 3 is 2.83 bits per heavy atom. The molecule has 12 heavy (non-hydrogen) atoms. The Morgan fingerprint density at radius 2 is 2.25 bits per heavy atom. The summed E-state index contributed by atoms with van der Waals surface area (Å²) in [5.74, 6) is 0.626. The Labute approximate surface area is 81.9 Å². The summed E-state index contributed by atoms with van der Waals surface area (Å²) >= 11 is 11.1. The van der Waals surface area contributed by atoms with Crippen LogP contribution in [0.5, 0.6) is 0 Å².